The van der Waals surface area contributed by atoms with Gasteiger partial charge in [-0.05, 0) is 105 Å². The second kappa shape index (κ2) is 6.36. The number of hydrogen-bond acceptors (Lipinski definition) is 0. The van der Waals surface area contributed by atoms with Crippen LogP contribution in [0, 0.1) is 35.5 Å². The van der Waals surface area contributed by atoms with E-state index in [1.54, 1.807) is 5.57 Å². The van der Waals surface area contributed by atoms with E-state index in [2.05, 4.69) is 36.5 Å². The third-order valence-electron chi connectivity index (χ3n) is 7.94. The molecule has 0 aliphatic heterocycles. The molecule has 0 heterocycles. The lowest BCUT2D eigenvalue weighted by molar-refractivity contribution is 0.0199. The molecule has 1 fully saturated rings. The van der Waals surface area contributed by atoms with E-state index in [9.17, 15) is 0 Å². The van der Waals surface area contributed by atoms with Gasteiger partial charge in [0.05, 0.1) is 0 Å². The van der Waals surface area contributed by atoms with Crippen molar-refractivity contribution >= 4 is 0 Å². The maximum atomic E-state index is 2.66. The predicted octanol–water partition coefficient (Wildman–Crippen LogP) is 6.62. The summed E-state index contributed by atoms with van der Waals surface area (Å²) in [4.78, 5) is 0. The molecule has 0 nitrogen and oxygen atoms in total. The van der Waals surface area contributed by atoms with Crippen molar-refractivity contribution in [2.24, 2.45) is 35.5 Å². The monoisotopic (exact) mass is 320 g/mol. The molecule has 5 aliphatic carbocycles. The average Bonchev–Trinajstić information content (AvgIpc) is 2.65. The Morgan fingerprint density at radius 3 is 2.71 bits per heavy atom. The fraction of sp³-hybridized carbons (Fsp3) is 0.667. The summed E-state index contributed by atoms with van der Waals surface area (Å²) in [6.07, 6.45) is 29.1. The Bertz CT molecular complexity index is 602. The molecule has 0 bridgehead atoms. The average molecular weight is 321 g/mol. The molecule has 24 heavy (non-hydrogen) atoms. The van der Waals surface area contributed by atoms with Gasteiger partial charge in [-0.15, -0.1) is 0 Å². The van der Waals surface area contributed by atoms with E-state index in [-0.39, 0.29) is 0 Å². The number of hydrogen-bond donors (Lipinski definition) is 0. The maximum Gasteiger partial charge on any atom is -0.0171 e. The fourth-order valence-electron chi connectivity index (χ4n) is 6.92. The van der Waals surface area contributed by atoms with E-state index in [1.165, 1.54) is 64.2 Å². The molecule has 0 amide bonds. The highest BCUT2D eigenvalue weighted by atomic mass is 14.5. The molecule has 0 aromatic carbocycles. The lowest BCUT2D eigenvalue weighted by Gasteiger charge is -2.52. The van der Waals surface area contributed by atoms with Crippen molar-refractivity contribution in [3.8, 4) is 0 Å². The topological polar surface area (TPSA) is 0 Å². The minimum absolute atomic E-state index is 0.901. The molecule has 0 aromatic rings. The van der Waals surface area contributed by atoms with Crippen LogP contribution in [0.25, 0.3) is 0 Å². The summed E-state index contributed by atoms with van der Waals surface area (Å²) < 4.78 is 0. The van der Waals surface area contributed by atoms with Crippen LogP contribution in [0.15, 0.2) is 47.6 Å². The Morgan fingerprint density at radius 1 is 0.792 bits per heavy atom. The van der Waals surface area contributed by atoms with Gasteiger partial charge in [0.2, 0.25) is 0 Å². The summed E-state index contributed by atoms with van der Waals surface area (Å²) in [5, 5.41) is 0. The lowest BCUT2D eigenvalue weighted by Crippen LogP contribution is -2.44. The van der Waals surface area contributed by atoms with Gasteiger partial charge in [-0.1, -0.05) is 42.0 Å². The molecule has 6 atom stereocenters. The zero-order valence-electron chi connectivity index (χ0n) is 15.0. The summed E-state index contributed by atoms with van der Waals surface area (Å²) in [6.45, 7) is 0. The van der Waals surface area contributed by atoms with Gasteiger partial charge < -0.3 is 0 Å². The molecule has 0 radical (unpaired) electrons. The Morgan fingerprint density at radius 2 is 1.71 bits per heavy atom. The first-order chi connectivity index (χ1) is 11.9. The quantitative estimate of drug-likeness (QED) is 0.476. The summed E-state index contributed by atoms with van der Waals surface area (Å²) in [7, 11) is 0. The summed E-state index contributed by atoms with van der Waals surface area (Å²) in [5.74, 6) is 5.69. The summed E-state index contributed by atoms with van der Waals surface area (Å²) >= 11 is 0. The zero-order valence-corrected chi connectivity index (χ0v) is 15.0. The largest absolute Gasteiger partial charge is 0.0882 e. The molecule has 5 aliphatic rings. The zero-order chi connectivity index (χ0) is 15.9. The minimum atomic E-state index is 0.901. The highest BCUT2D eigenvalue weighted by Crippen LogP contribution is 2.55. The van der Waals surface area contributed by atoms with Gasteiger partial charge in [0.15, 0.2) is 0 Å². The highest BCUT2D eigenvalue weighted by molar-refractivity contribution is 5.32. The van der Waals surface area contributed by atoms with Crippen LogP contribution in [0.5, 0.6) is 0 Å². The van der Waals surface area contributed by atoms with Crippen molar-refractivity contribution in [1.29, 1.82) is 0 Å². The highest BCUT2D eigenvalue weighted by Gasteiger charge is 2.47. The van der Waals surface area contributed by atoms with Crippen LogP contribution in [0.3, 0.4) is 0 Å². The molecule has 0 saturated heterocycles. The first-order valence-electron chi connectivity index (χ1n) is 10.6. The van der Waals surface area contributed by atoms with Gasteiger partial charge in [0.25, 0.3) is 0 Å². The van der Waals surface area contributed by atoms with Crippen molar-refractivity contribution in [3.63, 3.8) is 0 Å². The van der Waals surface area contributed by atoms with E-state index < -0.39 is 0 Å². The van der Waals surface area contributed by atoms with Crippen molar-refractivity contribution in [3.05, 3.63) is 47.6 Å². The first kappa shape index (κ1) is 15.2. The SMILES string of the molecule is C1=CC2=C(CC1)CC([C@@H]1C3C=CCCC3C[C@@H]3C=CCCC13)CC2. The van der Waals surface area contributed by atoms with E-state index >= 15 is 0 Å². The first-order valence-corrected chi connectivity index (χ1v) is 10.6. The standard InChI is InChI=1S/C24H32/c1-2-8-18-15-21(14-13-17(18)7-1)24-22-11-5-3-9-19(22)16-20-10-4-6-12-23(20)24/h1,3,6-7,9,12,19-24H,2,4-5,8,10-11,13-16H2/t19-,20?,21?,22?,23?,24-/m0/s1. The second-order valence-corrected chi connectivity index (χ2v) is 9.06. The summed E-state index contributed by atoms with van der Waals surface area (Å²) in [6, 6.07) is 0. The molecule has 0 aromatic heterocycles. The van der Waals surface area contributed by atoms with Gasteiger partial charge in [-0.3, -0.25) is 0 Å². The maximum absolute atomic E-state index is 2.66. The predicted molar refractivity (Wildman–Crippen MR) is 102 cm³/mol. The third kappa shape index (κ3) is 2.57. The van der Waals surface area contributed by atoms with Gasteiger partial charge in [-0.25, -0.2) is 0 Å². The molecule has 0 heteroatoms. The number of rotatable bonds is 1. The molecule has 4 unspecified atom stereocenters. The van der Waals surface area contributed by atoms with Crippen LogP contribution < -0.4 is 0 Å². The normalized spacial score (nSPS) is 44.0. The van der Waals surface area contributed by atoms with Gasteiger partial charge in [-0.2, -0.15) is 0 Å². The van der Waals surface area contributed by atoms with Crippen molar-refractivity contribution in [1.82, 2.24) is 0 Å². The van der Waals surface area contributed by atoms with E-state index in [1.807, 2.05) is 5.57 Å². The van der Waals surface area contributed by atoms with Gasteiger partial charge in [0.1, 0.15) is 0 Å². The molecular weight excluding hydrogens is 288 g/mol. The Labute approximate surface area is 147 Å². The lowest BCUT2D eigenvalue weighted by atomic mass is 9.53. The molecular formula is C24H32. The molecule has 1 saturated carbocycles. The summed E-state index contributed by atoms with van der Waals surface area (Å²) in [5.41, 5.74) is 3.54. The molecule has 0 spiro atoms. The van der Waals surface area contributed by atoms with Crippen LogP contribution in [-0.2, 0) is 0 Å². The van der Waals surface area contributed by atoms with Crippen LogP contribution >= 0.6 is 0 Å². The van der Waals surface area contributed by atoms with Crippen LogP contribution in [0.1, 0.15) is 64.2 Å². The number of fused-ring (bicyclic) bond motifs is 2. The Kier molecular flexibility index (Phi) is 4.03. The Balaban J connectivity index is 1.46. The second-order valence-electron chi connectivity index (χ2n) is 9.06. The number of allylic oxidation sites excluding steroid dienone is 8. The molecule has 5 rings (SSSR count). The van der Waals surface area contributed by atoms with Gasteiger partial charge in [0, 0.05) is 0 Å². The minimum Gasteiger partial charge on any atom is -0.0882 e. The van der Waals surface area contributed by atoms with E-state index in [4.69, 9.17) is 0 Å². The fourth-order valence-corrected chi connectivity index (χ4v) is 6.92. The smallest absolute Gasteiger partial charge is 0.0171 e. The van der Waals surface area contributed by atoms with Gasteiger partial charge >= 0.3 is 0 Å². The Hall–Kier alpha value is -1.04. The van der Waals surface area contributed by atoms with Crippen LogP contribution in [-0.4, -0.2) is 0 Å². The van der Waals surface area contributed by atoms with E-state index in [0.717, 1.165) is 35.5 Å². The molecule has 0 N–H and O–H groups in total. The third-order valence-corrected chi connectivity index (χ3v) is 7.94. The van der Waals surface area contributed by atoms with Crippen LogP contribution in [0.4, 0.5) is 0 Å². The van der Waals surface area contributed by atoms with E-state index in [0.29, 0.717) is 0 Å². The van der Waals surface area contributed by atoms with Crippen molar-refractivity contribution < 1.29 is 0 Å². The van der Waals surface area contributed by atoms with Crippen molar-refractivity contribution in [2.75, 3.05) is 0 Å². The van der Waals surface area contributed by atoms with Crippen molar-refractivity contribution in [2.45, 2.75) is 64.2 Å². The van der Waals surface area contributed by atoms with Crippen LogP contribution in [0.2, 0.25) is 0 Å². The molecule has 128 valence electrons.